The quantitative estimate of drug-likeness (QED) is 0.544. The number of nitrogens with zero attached hydrogens (tertiary/aromatic N) is 1. The third-order valence-electron chi connectivity index (χ3n) is 2.52. The minimum Gasteiger partial charge on any atom is -0.392 e. The van der Waals surface area contributed by atoms with Crippen molar-refractivity contribution in [2.45, 2.75) is 19.1 Å². The molecule has 0 radical (unpaired) electrons. The van der Waals surface area contributed by atoms with Crippen LogP contribution in [0, 0.1) is 10.1 Å². The van der Waals surface area contributed by atoms with E-state index in [0.717, 1.165) is 6.07 Å². The Labute approximate surface area is 114 Å². The number of halogens is 1. The molecule has 104 valence electrons. The number of nitrogens with one attached hydrogen (secondary N) is 1. The number of nitro benzene ring substituents is 1. The molecule has 7 nitrogen and oxygen atoms in total. The fraction of sp³-hybridized carbons (Fsp3) is 0.364. The van der Waals surface area contributed by atoms with Gasteiger partial charge in [-0.3, -0.25) is 14.9 Å². The van der Waals surface area contributed by atoms with Crippen LogP contribution in [0.15, 0.2) is 18.2 Å². The van der Waals surface area contributed by atoms with Crippen LogP contribution in [0.25, 0.3) is 0 Å². The Morgan fingerprint density at radius 1 is 1.63 bits per heavy atom. The van der Waals surface area contributed by atoms with E-state index in [2.05, 4.69) is 5.32 Å². The van der Waals surface area contributed by atoms with Gasteiger partial charge in [0.2, 0.25) is 0 Å². The van der Waals surface area contributed by atoms with Gasteiger partial charge in [-0.05, 0) is 19.1 Å². The molecule has 1 aromatic carbocycles. The number of carbonyl (C=O) groups is 1. The molecule has 1 rings (SSSR count). The van der Waals surface area contributed by atoms with Crippen LogP contribution >= 0.6 is 11.6 Å². The predicted octanol–water partition coefficient (Wildman–Crippen LogP) is 0.686. The molecule has 8 heteroatoms. The van der Waals surface area contributed by atoms with E-state index in [1.54, 1.807) is 0 Å². The van der Waals surface area contributed by atoms with Gasteiger partial charge < -0.3 is 16.2 Å². The smallest absolute Gasteiger partial charge is 0.283 e. The molecule has 0 aliphatic rings. The SMILES string of the molecule is CC(O)C(N)CNC(=O)c1ccc(Cl)cc1[N+](=O)[O-]. The van der Waals surface area contributed by atoms with Gasteiger partial charge in [-0.25, -0.2) is 0 Å². The number of hydrogen-bond acceptors (Lipinski definition) is 5. The highest BCUT2D eigenvalue weighted by molar-refractivity contribution is 6.31. The number of aliphatic hydroxyl groups is 1. The van der Waals surface area contributed by atoms with Gasteiger partial charge >= 0.3 is 0 Å². The largest absolute Gasteiger partial charge is 0.392 e. The number of amides is 1. The van der Waals surface area contributed by atoms with Crippen molar-refractivity contribution in [3.8, 4) is 0 Å². The summed E-state index contributed by atoms with van der Waals surface area (Å²) in [5.74, 6) is -0.639. The fourth-order valence-electron chi connectivity index (χ4n) is 1.32. The number of rotatable bonds is 5. The Bertz CT molecular complexity index is 493. The Hall–Kier alpha value is -1.70. The molecule has 0 aliphatic heterocycles. The standard InChI is InChI=1S/C11H14ClN3O4/c1-6(16)9(13)5-14-11(17)8-3-2-7(12)4-10(8)15(18)19/h2-4,6,9,16H,5,13H2,1H3,(H,14,17). The molecule has 0 heterocycles. The van der Waals surface area contributed by atoms with Crippen LogP contribution in [0.1, 0.15) is 17.3 Å². The molecule has 4 N–H and O–H groups in total. The molecule has 0 saturated carbocycles. The first kappa shape index (κ1) is 15.4. The number of benzene rings is 1. The van der Waals surface area contributed by atoms with Gasteiger partial charge in [0.25, 0.3) is 11.6 Å². The molecule has 2 unspecified atom stereocenters. The Morgan fingerprint density at radius 3 is 2.79 bits per heavy atom. The Kier molecular flexibility index (Phi) is 5.22. The molecule has 19 heavy (non-hydrogen) atoms. The van der Waals surface area contributed by atoms with Crippen molar-refractivity contribution in [3.05, 3.63) is 38.9 Å². The van der Waals surface area contributed by atoms with Crippen molar-refractivity contribution in [1.82, 2.24) is 5.32 Å². The Balaban J connectivity index is 2.85. The van der Waals surface area contributed by atoms with Crippen LogP contribution in [0.5, 0.6) is 0 Å². The van der Waals surface area contributed by atoms with E-state index >= 15 is 0 Å². The second-order valence-corrected chi connectivity index (χ2v) is 4.47. The van der Waals surface area contributed by atoms with Crippen molar-refractivity contribution in [2.24, 2.45) is 5.73 Å². The Morgan fingerprint density at radius 2 is 2.26 bits per heavy atom. The zero-order valence-electron chi connectivity index (χ0n) is 10.2. The van der Waals surface area contributed by atoms with Gasteiger partial charge in [-0.2, -0.15) is 0 Å². The zero-order chi connectivity index (χ0) is 14.6. The minimum absolute atomic E-state index is 0.0102. The van der Waals surface area contributed by atoms with Crippen molar-refractivity contribution >= 4 is 23.2 Å². The number of aliphatic hydroxyl groups excluding tert-OH is 1. The van der Waals surface area contributed by atoms with Crippen LogP contribution in [0.3, 0.4) is 0 Å². The van der Waals surface area contributed by atoms with Crippen LogP contribution in [0.2, 0.25) is 5.02 Å². The number of nitro groups is 1. The summed E-state index contributed by atoms with van der Waals surface area (Å²) in [6.45, 7) is 1.50. The lowest BCUT2D eigenvalue weighted by Gasteiger charge is -2.15. The molecular formula is C11H14ClN3O4. The second kappa shape index (κ2) is 6.46. The molecule has 2 atom stereocenters. The molecule has 1 aromatic rings. The number of nitrogens with two attached hydrogens (primary N) is 1. The molecule has 0 fully saturated rings. The average molecular weight is 288 g/mol. The topological polar surface area (TPSA) is 118 Å². The van der Waals surface area contributed by atoms with Gasteiger partial charge in [0.05, 0.1) is 11.0 Å². The molecule has 0 aliphatic carbocycles. The molecule has 1 amide bonds. The molecule has 0 saturated heterocycles. The highest BCUT2D eigenvalue weighted by Gasteiger charge is 2.21. The number of hydrogen-bond donors (Lipinski definition) is 3. The lowest BCUT2D eigenvalue weighted by molar-refractivity contribution is -0.385. The normalized spacial score (nSPS) is 13.7. The van der Waals surface area contributed by atoms with Gasteiger partial charge in [-0.1, -0.05) is 11.6 Å². The molecule has 0 spiro atoms. The van der Waals surface area contributed by atoms with E-state index in [-0.39, 0.29) is 22.8 Å². The first-order valence-electron chi connectivity index (χ1n) is 5.48. The second-order valence-electron chi connectivity index (χ2n) is 4.03. The van der Waals surface area contributed by atoms with E-state index in [0.29, 0.717) is 0 Å². The average Bonchev–Trinajstić information content (AvgIpc) is 2.35. The highest BCUT2D eigenvalue weighted by Crippen LogP contribution is 2.22. The van der Waals surface area contributed by atoms with Gasteiger partial charge in [0.15, 0.2) is 0 Å². The van der Waals surface area contributed by atoms with Crippen LogP contribution in [-0.2, 0) is 0 Å². The van der Waals surface area contributed by atoms with Crippen LogP contribution < -0.4 is 11.1 Å². The van der Waals surface area contributed by atoms with Crippen LogP contribution in [-0.4, -0.2) is 34.6 Å². The van der Waals surface area contributed by atoms with Gasteiger partial charge in [0.1, 0.15) is 5.56 Å². The summed E-state index contributed by atoms with van der Waals surface area (Å²) >= 11 is 5.65. The van der Waals surface area contributed by atoms with Crippen molar-refractivity contribution in [2.75, 3.05) is 6.54 Å². The zero-order valence-corrected chi connectivity index (χ0v) is 10.9. The monoisotopic (exact) mass is 287 g/mol. The van der Waals surface area contributed by atoms with Gasteiger partial charge in [0, 0.05) is 23.7 Å². The third-order valence-corrected chi connectivity index (χ3v) is 2.75. The van der Waals surface area contributed by atoms with E-state index in [1.165, 1.54) is 19.1 Å². The molecular weight excluding hydrogens is 274 g/mol. The minimum atomic E-state index is -0.791. The molecule has 0 aromatic heterocycles. The fourth-order valence-corrected chi connectivity index (χ4v) is 1.49. The van der Waals surface area contributed by atoms with E-state index in [9.17, 15) is 20.0 Å². The summed E-state index contributed by atoms with van der Waals surface area (Å²) in [7, 11) is 0. The summed E-state index contributed by atoms with van der Waals surface area (Å²) in [4.78, 5) is 22.0. The molecule has 0 bridgehead atoms. The van der Waals surface area contributed by atoms with E-state index in [1.807, 2.05) is 0 Å². The summed E-state index contributed by atoms with van der Waals surface area (Å²) in [6.07, 6.45) is -0.791. The maximum atomic E-state index is 11.8. The first-order chi connectivity index (χ1) is 8.82. The maximum Gasteiger partial charge on any atom is 0.283 e. The lowest BCUT2D eigenvalue weighted by atomic mass is 10.1. The summed E-state index contributed by atoms with van der Waals surface area (Å²) < 4.78 is 0. The van der Waals surface area contributed by atoms with E-state index < -0.39 is 23.0 Å². The summed E-state index contributed by atoms with van der Waals surface area (Å²) in [5, 5.41) is 22.6. The van der Waals surface area contributed by atoms with Crippen molar-refractivity contribution in [3.63, 3.8) is 0 Å². The van der Waals surface area contributed by atoms with Crippen molar-refractivity contribution in [1.29, 1.82) is 0 Å². The highest BCUT2D eigenvalue weighted by atomic mass is 35.5. The summed E-state index contributed by atoms with van der Waals surface area (Å²) in [6, 6.07) is 3.11. The van der Waals surface area contributed by atoms with E-state index in [4.69, 9.17) is 17.3 Å². The first-order valence-corrected chi connectivity index (χ1v) is 5.86. The lowest BCUT2D eigenvalue weighted by Crippen LogP contribution is -2.43. The predicted molar refractivity (Wildman–Crippen MR) is 70.1 cm³/mol. The summed E-state index contributed by atoms with van der Waals surface area (Å²) in [5.41, 5.74) is 5.06. The maximum absolute atomic E-state index is 11.8. The van der Waals surface area contributed by atoms with Crippen molar-refractivity contribution < 1.29 is 14.8 Å². The number of carbonyl (C=O) groups excluding carboxylic acids is 1. The van der Waals surface area contributed by atoms with Gasteiger partial charge in [-0.15, -0.1) is 0 Å². The van der Waals surface area contributed by atoms with Crippen LogP contribution in [0.4, 0.5) is 5.69 Å². The third kappa shape index (κ3) is 4.16.